The quantitative estimate of drug-likeness (QED) is 0.927. The van der Waals surface area contributed by atoms with E-state index in [0.717, 1.165) is 18.6 Å². The van der Waals surface area contributed by atoms with E-state index in [2.05, 4.69) is 5.32 Å². The largest absolute Gasteiger partial charge is 0.352 e. The van der Waals surface area contributed by atoms with Crippen molar-refractivity contribution < 1.29 is 22.8 Å². The fraction of sp³-hybridized carbons (Fsp3) is 0.467. The summed E-state index contributed by atoms with van der Waals surface area (Å²) in [6.45, 7) is 3.01. The van der Waals surface area contributed by atoms with Crippen molar-refractivity contribution in [3.8, 4) is 0 Å². The number of rotatable bonds is 4. The fourth-order valence-corrected chi connectivity index (χ4v) is 2.47. The number of alkyl halides is 2. The molecule has 120 valence electrons. The van der Waals surface area contributed by atoms with Crippen molar-refractivity contribution in [2.75, 3.05) is 19.6 Å². The standard InChI is InChI=1S/C15H17F3N2O2/c1-9(21)20-5-4-10(8-20)7-19-15(22)12-3-2-11(14(17)18)6-13(12)16/h2-3,6,10,14H,4-5,7-8H2,1H3,(H,19,22). The van der Waals surface area contributed by atoms with Crippen LogP contribution >= 0.6 is 0 Å². The van der Waals surface area contributed by atoms with Crippen molar-refractivity contribution in [2.45, 2.75) is 19.8 Å². The molecule has 1 aliphatic heterocycles. The van der Waals surface area contributed by atoms with Gasteiger partial charge < -0.3 is 10.2 Å². The van der Waals surface area contributed by atoms with Gasteiger partial charge in [-0.2, -0.15) is 0 Å². The number of nitrogens with one attached hydrogen (secondary N) is 1. The Labute approximate surface area is 126 Å². The van der Waals surface area contributed by atoms with E-state index in [1.807, 2.05) is 0 Å². The third-order valence-electron chi connectivity index (χ3n) is 3.77. The molecule has 1 heterocycles. The zero-order valence-electron chi connectivity index (χ0n) is 12.1. The summed E-state index contributed by atoms with van der Waals surface area (Å²) in [6.07, 6.45) is -2.00. The molecule has 1 N–H and O–H groups in total. The summed E-state index contributed by atoms with van der Waals surface area (Å²) in [4.78, 5) is 24.8. The van der Waals surface area contributed by atoms with Gasteiger partial charge in [0.25, 0.3) is 12.3 Å². The van der Waals surface area contributed by atoms with Gasteiger partial charge in [0.2, 0.25) is 5.91 Å². The summed E-state index contributed by atoms with van der Waals surface area (Å²) in [5.74, 6) is -1.50. The van der Waals surface area contributed by atoms with Crippen molar-refractivity contribution >= 4 is 11.8 Å². The van der Waals surface area contributed by atoms with E-state index < -0.39 is 23.7 Å². The number of amides is 2. The Morgan fingerprint density at radius 3 is 2.68 bits per heavy atom. The van der Waals surface area contributed by atoms with Crippen LogP contribution in [0.25, 0.3) is 0 Å². The summed E-state index contributed by atoms with van der Waals surface area (Å²) in [6, 6.07) is 2.77. The topological polar surface area (TPSA) is 49.4 Å². The molecular weight excluding hydrogens is 297 g/mol. The minimum atomic E-state index is -2.78. The number of benzene rings is 1. The second-order valence-corrected chi connectivity index (χ2v) is 5.37. The molecule has 7 heteroatoms. The van der Waals surface area contributed by atoms with Gasteiger partial charge >= 0.3 is 0 Å². The molecule has 1 unspecified atom stereocenters. The van der Waals surface area contributed by atoms with Gasteiger partial charge in [-0.1, -0.05) is 6.07 Å². The first kappa shape index (κ1) is 16.3. The minimum absolute atomic E-state index is 0.0116. The smallest absolute Gasteiger partial charge is 0.263 e. The molecule has 0 aromatic heterocycles. The van der Waals surface area contributed by atoms with Crippen molar-refractivity contribution in [1.29, 1.82) is 0 Å². The molecule has 2 amide bonds. The van der Waals surface area contributed by atoms with E-state index in [9.17, 15) is 22.8 Å². The molecule has 1 fully saturated rings. The molecular formula is C15H17F3N2O2. The van der Waals surface area contributed by atoms with Gasteiger partial charge in [-0.15, -0.1) is 0 Å². The fourth-order valence-electron chi connectivity index (χ4n) is 2.47. The lowest BCUT2D eigenvalue weighted by molar-refractivity contribution is -0.127. The van der Waals surface area contributed by atoms with E-state index in [0.29, 0.717) is 25.7 Å². The third-order valence-corrected chi connectivity index (χ3v) is 3.77. The van der Waals surface area contributed by atoms with E-state index >= 15 is 0 Å². The molecule has 0 aliphatic carbocycles. The minimum Gasteiger partial charge on any atom is -0.352 e. The highest BCUT2D eigenvalue weighted by Crippen LogP contribution is 2.21. The van der Waals surface area contributed by atoms with Gasteiger partial charge in [-0.3, -0.25) is 9.59 Å². The number of halogens is 3. The number of nitrogens with zero attached hydrogens (tertiary/aromatic N) is 1. The summed E-state index contributed by atoms with van der Waals surface area (Å²) in [5, 5.41) is 2.59. The summed E-state index contributed by atoms with van der Waals surface area (Å²) in [5.41, 5.74) is -0.715. The van der Waals surface area contributed by atoms with Crippen LogP contribution in [0.3, 0.4) is 0 Å². The van der Waals surface area contributed by atoms with Crippen LogP contribution in [0.5, 0.6) is 0 Å². The lowest BCUT2D eigenvalue weighted by atomic mass is 10.1. The number of carbonyl (C=O) groups excluding carboxylic acids is 2. The predicted octanol–water partition coefficient (Wildman–Crippen LogP) is 2.36. The van der Waals surface area contributed by atoms with Crippen LogP contribution in [-0.4, -0.2) is 36.3 Å². The average molecular weight is 314 g/mol. The van der Waals surface area contributed by atoms with Gasteiger partial charge in [-0.05, 0) is 24.5 Å². The Kier molecular flexibility index (Phi) is 5.05. The summed E-state index contributed by atoms with van der Waals surface area (Å²) >= 11 is 0. The maximum Gasteiger partial charge on any atom is 0.263 e. The summed E-state index contributed by atoms with van der Waals surface area (Å²) < 4.78 is 38.6. The van der Waals surface area contributed by atoms with E-state index in [-0.39, 0.29) is 17.4 Å². The van der Waals surface area contributed by atoms with Crippen LogP contribution < -0.4 is 5.32 Å². The molecule has 1 atom stereocenters. The van der Waals surface area contributed by atoms with Gasteiger partial charge in [0.05, 0.1) is 5.56 Å². The summed E-state index contributed by atoms with van der Waals surface area (Å²) in [7, 11) is 0. The molecule has 2 rings (SSSR count). The van der Waals surface area contributed by atoms with E-state index in [1.165, 1.54) is 6.92 Å². The number of carbonyl (C=O) groups is 2. The molecule has 1 aromatic rings. The highest BCUT2D eigenvalue weighted by atomic mass is 19.3. The Balaban J connectivity index is 1.92. The van der Waals surface area contributed by atoms with Crippen LogP contribution in [-0.2, 0) is 4.79 Å². The van der Waals surface area contributed by atoms with Crippen LogP contribution in [0.1, 0.15) is 35.7 Å². The highest BCUT2D eigenvalue weighted by Gasteiger charge is 2.25. The van der Waals surface area contributed by atoms with Gasteiger partial charge in [0.1, 0.15) is 5.82 Å². The lowest BCUT2D eigenvalue weighted by Gasteiger charge is -2.14. The molecule has 1 aromatic carbocycles. The second-order valence-electron chi connectivity index (χ2n) is 5.37. The van der Waals surface area contributed by atoms with Crippen LogP contribution in [0.4, 0.5) is 13.2 Å². The van der Waals surface area contributed by atoms with Crippen molar-refractivity contribution in [3.05, 3.63) is 35.1 Å². The van der Waals surface area contributed by atoms with Crippen LogP contribution in [0.15, 0.2) is 18.2 Å². The Morgan fingerprint density at radius 2 is 2.14 bits per heavy atom. The Morgan fingerprint density at radius 1 is 1.41 bits per heavy atom. The normalized spacial score (nSPS) is 17.9. The number of likely N-dealkylation sites (tertiary alicyclic amines) is 1. The zero-order valence-corrected chi connectivity index (χ0v) is 12.1. The first-order chi connectivity index (χ1) is 10.4. The van der Waals surface area contributed by atoms with Gasteiger partial charge in [-0.25, -0.2) is 13.2 Å². The third kappa shape index (κ3) is 3.78. The van der Waals surface area contributed by atoms with Crippen LogP contribution in [0.2, 0.25) is 0 Å². The molecule has 0 bridgehead atoms. The molecule has 22 heavy (non-hydrogen) atoms. The molecule has 0 saturated carbocycles. The van der Waals surface area contributed by atoms with Crippen molar-refractivity contribution in [1.82, 2.24) is 10.2 Å². The van der Waals surface area contributed by atoms with Crippen molar-refractivity contribution in [2.24, 2.45) is 5.92 Å². The van der Waals surface area contributed by atoms with Gasteiger partial charge in [0, 0.05) is 32.1 Å². The maximum absolute atomic E-state index is 13.7. The predicted molar refractivity (Wildman–Crippen MR) is 74.1 cm³/mol. The van der Waals surface area contributed by atoms with E-state index in [4.69, 9.17) is 0 Å². The van der Waals surface area contributed by atoms with Crippen molar-refractivity contribution in [3.63, 3.8) is 0 Å². The molecule has 1 saturated heterocycles. The molecule has 1 aliphatic rings. The first-order valence-corrected chi connectivity index (χ1v) is 6.99. The van der Waals surface area contributed by atoms with E-state index in [1.54, 1.807) is 4.90 Å². The molecule has 0 spiro atoms. The molecule has 4 nitrogen and oxygen atoms in total. The Bertz CT molecular complexity index is 578. The average Bonchev–Trinajstić information content (AvgIpc) is 2.93. The second kappa shape index (κ2) is 6.81. The molecule has 0 radical (unpaired) electrons. The first-order valence-electron chi connectivity index (χ1n) is 6.99. The van der Waals surface area contributed by atoms with Crippen LogP contribution in [0, 0.1) is 11.7 Å². The zero-order chi connectivity index (χ0) is 16.3. The maximum atomic E-state index is 13.7. The SMILES string of the molecule is CC(=O)N1CCC(CNC(=O)c2ccc(C(F)F)cc2F)C1. The van der Waals surface area contributed by atoms with Gasteiger partial charge in [0.15, 0.2) is 0 Å². The highest BCUT2D eigenvalue weighted by molar-refractivity contribution is 5.94. The number of hydrogen-bond acceptors (Lipinski definition) is 2. The number of hydrogen-bond donors (Lipinski definition) is 1. The Hall–Kier alpha value is -2.05. The lowest BCUT2D eigenvalue weighted by Crippen LogP contribution is -2.32. The monoisotopic (exact) mass is 314 g/mol.